The monoisotopic (exact) mass is 268 g/mol. The van der Waals surface area contributed by atoms with Crippen molar-refractivity contribution < 1.29 is 5.11 Å². The van der Waals surface area contributed by atoms with Gasteiger partial charge in [-0.1, -0.05) is 77.1 Å². The molecule has 0 spiro atoms. The molecule has 20 heavy (non-hydrogen) atoms. The fourth-order valence-electron chi connectivity index (χ4n) is 2.51. The van der Waals surface area contributed by atoms with Crippen molar-refractivity contribution in [1.29, 1.82) is 0 Å². The van der Waals surface area contributed by atoms with Crippen molar-refractivity contribution in [2.75, 3.05) is 0 Å². The molecule has 0 aliphatic rings. The van der Waals surface area contributed by atoms with Crippen molar-refractivity contribution in [3.8, 4) is 5.75 Å². The second-order valence-corrected chi connectivity index (χ2v) is 6.97. The molecule has 0 fully saturated rings. The molecule has 0 heterocycles. The molecule has 0 amide bonds. The van der Waals surface area contributed by atoms with E-state index in [1.54, 1.807) is 0 Å². The summed E-state index contributed by atoms with van der Waals surface area (Å²) < 4.78 is 0. The van der Waals surface area contributed by atoms with Crippen molar-refractivity contribution in [3.63, 3.8) is 0 Å². The van der Waals surface area contributed by atoms with Crippen LogP contribution in [-0.2, 0) is 10.8 Å². The Morgan fingerprint density at radius 2 is 1.35 bits per heavy atom. The number of phenols is 1. The SMILES string of the molecule is CC(C)(C)c1ccc(O)c(C(C)(C)c2ccccc2)c1. The van der Waals surface area contributed by atoms with Gasteiger partial charge in [-0.15, -0.1) is 0 Å². The molecule has 0 saturated heterocycles. The first kappa shape index (κ1) is 14.6. The number of benzene rings is 2. The molecule has 0 aliphatic carbocycles. The number of rotatable bonds is 2. The molecular formula is C19H24O. The zero-order valence-electron chi connectivity index (χ0n) is 13.1. The molecule has 0 radical (unpaired) electrons. The minimum Gasteiger partial charge on any atom is -0.508 e. The van der Waals surface area contributed by atoms with Gasteiger partial charge in [0.2, 0.25) is 0 Å². The minimum absolute atomic E-state index is 0.0786. The Morgan fingerprint density at radius 3 is 1.90 bits per heavy atom. The molecule has 1 N–H and O–H groups in total. The van der Waals surface area contributed by atoms with Gasteiger partial charge in [0.15, 0.2) is 0 Å². The molecule has 2 rings (SSSR count). The van der Waals surface area contributed by atoms with Gasteiger partial charge in [0.05, 0.1) is 0 Å². The van der Waals surface area contributed by atoms with E-state index >= 15 is 0 Å². The van der Waals surface area contributed by atoms with Gasteiger partial charge in [0, 0.05) is 11.0 Å². The van der Waals surface area contributed by atoms with Crippen LogP contribution in [0, 0.1) is 0 Å². The smallest absolute Gasteiger partial charge is 0.119 e. The van der Waals surface area contributed by atoms with Crippen molar-refractivity contribution >= 4 is 0 Å². The molecule has 0 saturated carbocycles. The van der Waals surface area contributed by atoms with E-state index in [1.807, 2.05) is 30.3 Å². The van der Waals surface area contributed by atoms with Crippen molar-refractivity contribution in [2.24, 2.45) is 0 Å². The number of phenolic OH excluding ortho intramolecular Hbond substituents is 1. The first-order valence-electron chi connectivity index (χ1n) is 7.12. The minimum atomic E-state index is -0.216. The Bertz CT molecular complexity index is 589. The van der Waals surface area contributed by atoms with Crippen LogP contribution >= 0.6 is 0 Å². The van der Waals surface area contributed by atoms with Crippen LogP contribution in [0.2, 0.25) is 0 Å². The summed E-state index contributed by atoms with van der Waals surface area (Å²) in [5.41, 5.74) is 3.30. The highest BCUT2D eigenvalue weighted by molar-refractivity contribution is 5.48. The summed E-state index contributed by atoms with van der Waals surface area (Å²) in [5.74, 6) is 0.367. The highest BCUT2D eigenvalue weighted by atomic mass is 16.3. The Kier molecular flexibility index (Phi) is 3.64. The summed E-state index contributed by atoms with van der Waals surface area (Å²) in [4.78, 5) is 0. The van der Waals surface area contributed by atoms with Crippen LogP contribution in [0.25, 0.3) is 0 Å². The summed E-state index contributed by atoms with van der Waals surface area (Å²) in [5, 5.41) is 10.3. The van der Waals surface area contributed by atoms with Crippen molar-refractivity contribution in [3.05, 3.63) is 65.2 Å². The Labute approximate surface area is 122 Å². The third-order valence-corrected chi connectivity index (χ3v) is 4.03. The average molecular weight is 268 g/mol. The Balaban J connectivity index is 2.57. The van der Waals surface area contributed by atoms with E-state index in [0.29, 0.717) is 5.75 Å². The van der Waals surface area contributed by atoms with Gasteiger partial charge in [-0.05, 0) is 22.6 Å². The molecule has 1 heteroatoms. The largest absolute Gasteiger partial charge is 0.508 e. The van der Waals surface area contributed by atoms with Gasteiger partial charge in [-0.3, -0.25) is 0 Å². The van der Waals surface area contributed by atoms with Crippen LogP contribution < -0.4 is 0 Å². The molecule has 2 aromatic carbocycles. The van der Waals surface area contributed by atoms with Crippen molar-refractivity contribution in [2.45, 2.75) is 45.4 Å². The molecule has 0 atom stereocenters. The normalized spacial score (nSPS) is 12.4. The maximum absolute atomic E-state index is 10.3. The maximum atomic E-state index is 10.3. The fourth-order valence-corrected chi connectivity index (χ4v) is 2.51. The molecular weight excluding hydrogens is 244 g/mol. The van der Waals surface area contributed by atoms with Gasteiger partial charge in [0.25, 0.3) is 0 Å². The van der Waals surface area contributed by atoms with E-state index in [0.717, 1.165) is 5.56 Å². The van der Waals surface area contributed by atoms with Gasteiger partial charge < -0.3 is 5.11 Å². The van der Waals surface area contributed by atoms with E-state index in [1.165, 1.54) is 11.1 Å². The van der Waals surface area contributed by atoms with Crippen LogP contribution in [0.1, 0.15) is 51.3 Å². The quantitative estimate of drug-likeness (QED) is 0.811. The highest BCUT2D eigenvalue weighted by Gasteiger charge is 2.27. The molecule has 0 bridgehead atoms. The Hall–Kier alpha value is -1.76. The highest BCUT2D eigenvalue weighted by Crippen LogP contribution is 2.39. The molecule has 1 nitrogen and oxygen atoms in total. The first-order chi connectivity index (χ1) is 9.23. The lowest BCUT2D eigenvalue weighted by molar-refractivity contribution is 0.451. The van der Waals surface area contributed by atoms with Gasteiger partial charge in [-0.2, -0.15) is 0 Å². The van der Waals surface area contributed by atoms with Crippen LogP contribution in [0.15, 0.2) is 48.5 Å². The lowest BCUT2D eigenvalue weighted by atomic mass is 9.75. The molecule has 0 unspecified atom stereocenters. The van der Waals surface area contributed by atoms with E-state index in [9.17, 15) is 5.11 Å². The van der Waals surface area contributed by atoms with Crippen LogP contribution in [0.5, 0.6) is 5.75 Å². The standard InChI is InChI=1S/C19H24O/c1-18(2,3)15-11-12-17(20)16(13-15)19(4,5)14-9-7-6-8-10-14/h6-13,20H,1-5H3. The second-order valence-electron chi connectivity index (χ2n) is 6.97. The first-order valence-corrected chi connectivity index (χ1v) is 7.12. The maximum Gasteiger partial charge on any atom is 0.119 e. The third-order valence-electron chi connectivity index (χ3n) is 4.03. The van der Waals surface area contributed by atoms with Gasteiger partial charge in [-0.25, -0.2) is 0 Å². The average Bonchev–Trinajstić information content (AvgIpc) is 2.38. The lowest BCUT2D eigenvalue weighted by Crippen LogP contribution is -2.21. The summed E-state index contributed by atoms with van der Waals surface area (Å²) in [7, 11) is 0. The molecule has 2 aromatic rings. The fraction of sp³-hybridized carbons (Fsp3) is 0.368. The van der Waals surface area contributed by atoms with Crippen LogP contribution in [0.3, 0.4) is 0 Å². The zero-order valence-corrected chi connectivity index (χ0v) is 13.1. The number of aromatic hydroxyl groups is 1. The molecule has 106 valence electrons. The summed E-state index contributed by atoms with van der Waals surface area (Å²) in [6, 6.07) is 16.3. The zero-order chi connectivity index (χ0) is 15.0. The van der Waals surface area contributed by atoms with E-state index < -0.39 is 0 Å². The van der Waals surface area contributed by atoms with E-state index in [4.69, 9.17) is 0 Å². The topological polar surface area (TPSA) is 20.2 Å². The number of hydrogen-bond acceptors (Lipinski definition) is 1. The third kappa shape index (κ3) is 2.72. The van der Waals surface area contributed by atoms with Gasteiger partial charge >= 0.3 is 0 Å². The van der Waals surface area contributed by atoms with Gasteiger partial charge in [0.1, 0.15) is 5.75 Å². The summed E-state index contributed by atoms with van der Waals surface area (Å²) in [6.07, 6.45) is 0. The predicted octanol–water partition coefficient (Wildman–Crippen LogP) is 5.02. The predicted molar refractivity (Wildman–Crippen MR) is 85.4 cm³/mol. The van der Waals surface area contributed by atoms with E-state index in [2.05, 4.69) is 52.8 Å². The summed E-state index contributed by atoms with van der Waals surface area (Å²) >= 11 is 0. The van der Waals surface area contributed by atoms with Crippen LogP contribution in [0.4, 0.5) is 0 Å². The summed E-state index contributed by atoms with van der Waals surface area (Å²) in [6.45, 7) is 10.9. The number of hydrogen-bond donors (Lipinski definition) is 1. The Morgan fingerprint density at radius 1 is 0.750 bits per heavy atom. The molecule has 0 aromatic heterocycles. The lowest BCUT2D eigenvalue weighted by Gasteiger charge is -2.29. The van der Waals surface area contributed by atoms with Crippen LogP contribution in [-0.4, -0.2) is 5.11 Å². The second kappa shape index (κ2) is 4.97. The molecule has 0 aliphatic heterocycles. The van der Waals surface area contributed by atoms with E-state index in [-0.39, 0.29) is 10.8 Å². The van der Waals surface area contributed by atoms with Crippen molar-refractivity contribution in [1.82, 2.24) is 0 Å².